The van der Waals surface area contributed by atoms with Gasteiger partial charge in [-0.1, -0.05) is 47.6 Å². The SMILES string of the molecule is O=C(c1cccc(Cl)c1)N1CCCSC1=Nc1ccccc1. The molecule has 0 radical (unpaired) electrons. The van der Waals surface area contributed by atoms with Crippen molar-refractivity contribution in [3.63, 3.8) is 0 Å². The number of amidine groups is 1. The van der Waals surface area contributed by atoms with E-state index >= 15 is 0 Å². The van der Waals surface area contributed by atoms with E-state index in [-0.39, 0.29) is 5.91 Å². The lowest BCUT2D eigenvalue weighted by molar-refractivity contribution is 0.0849. The quantitative estimate of drug-likeness (QED) is 0.805. The van der Waals surface area contributed by atoms with Gasteiger partial charge < -0.3 is 0 Å². The number of halogens is 1. The summed E-state index contributed by atoms with van der Waals surface area (Å²) in [7, 11) is 0. The summed E-state index contributed by atoms with van der Waals surface area (Å²) in [5.74, 6) is 0.926. The van der Waals surface area contributed by atoms with E-state index in [9.17, 15) is 4.79 Å². The molecule has 1 aliphatic rings. The highest BCUT2D eigenvalue weighted by molar-refractivity contribution is 8.13. The maximum Gasteiger partial charge on any atom is 0.259 e. The van der Waals surface area contributed by atoms with Crippen LogP contribution < -0.4 is 0 Å². The Kier molecular flexibility index (Phi) is 4.80. The maximum absolute atomic E-state index is 12.7. The third-order valence-electron chi connectivity index (χ3n) is 3.29. The van der Waals surface area contributed by atoms with Crippen LogP contribution >= 0.6 is 23.4 Å². The lowest BCUT2D eigenvalue weighted by Gasteiger charge is -2.27. The first-order valence-electron chi connectivity index (χ1n) is 7.08. The van der Waals surface area contributed by atoms with E-state index in [1.165, 1.54) is 0 Å². The minimum absolute atomic E-state index is 0.0515. The molecule has 2 aromatic rings. The van der Waals surface area contributed by atoms with Crippen LogP contribution in [0.25, 0.3) is 0 Å². The van der Waals surface area contributed by atoms with Crippen LogP contribution in [0.3, 0.4) is 0 Å². The van der Waals surface area contributed by atoms with Crippen molar-refractivity contribution in [2.45, 2.75) is 6.42 Å². The second-order valence-electron chi connectivity index (χ2n) is 4.90. The molecule has 0 saturated carbocycles. The van der Waals surface area contributed by atoms with Gasteiger partial charge in [0, 0.05) is 22.9 Å². The number of nitrogens with zero attached hydrogens (tertiary/aromatic N) is 2. The molecule has 0 aliphatic carbocycles. The molecule has 0 bridgehead atoms. The van der Waals surface area contributed by atoms with Crippen molar-refractivity contribution in [3.05, 3.63) is 65.2 Å². The van der Waals surface area contributed by atoms with E-state index in [1.54, 1.807) is 40.9 Å². The highest BCUT2D eigenvalue weighted by atomic mass is 35.5. The van der Waals surface area contributed by atoms with Crippen molar-refractivity contribution in [3.8, 4) is 0 Å². The number of hydrogen-bond donors (Lipinski definition) is 0. The van der Waals surface area contributed by atoms with Crippen molar-refractivity contribution < 1.29 is 4.79 Å². The Morgan fingerprint density at radius 2 is 1.95 bits per heavy atom. The zero-order valence-electron chi connectivity index (χ0n) is 11.9. The first-order chi connectivity index (χ1) is 10.7. The van der Waals surface area contributed by atoms with Crippen LogP contribution in [0.2, 0.25) is 5.02 Å². The lowest BCUT2D eigenvalue weighted by Crippen LogP contribution is -2.39. The van der Waals surface area contributed by atoms with Gasteiger partial charge in [0.2, 0.25) is 0 Å². The van der Waals surface area contributed by atoms with Crippen molar-refractivity contribution in [2.75, 3.05) is 12.3 Å². The van der Waals surface area contributed by atoms with Gasteiger partial charge in [-0.25, -0.2) is 4.99 Å². The van der Waals surface area contributed by atoms with Crippen LogP contribution in [0, 0.1) is 0 Å². The van der Waals surface area contributed by atoms with E-state index in [2.05, 4.69) is 4.99 Å². The standard InChI is InChI=1S/C17H15ClN2OS/c18-14-7-4-6-13(12-14)16(21)20-10-5-11-22-17(20)19-15-8-2-1-3-9-15/h1-4,6-9,12H,5,10-11H2. The van der Waals surface area contributed by atoms with Crippen molar-refractivity contribution in [2.24, 2.45) is 4.99 Å². The summed E-state index contributed by atoms with van der Waals surface area (Å²) < 4.78 is 0. The Hall–Kier alpha value is -1.78. The fourth-order valence-corrected chi connectivity index (χ4v) is 3.38. The first kappa shape index (κ1) is 15.1. The smallest absolute Gasteiger partial charge is 0.259 e. The summed E-state index contributed by atoms with van der Waals surface area (Å²) in [6.07, 6.45) is 0.963. The number of benzene rings is 2. The molecule has 5 heteroatoms. The van der Waals surface area contributed by atoms with Crippen LogP contribution in [0.1, 0.15) is 16.8 Å². The molecule has 2 aromatic carbocycles. The molecule has 22 heavy (non-hydrogen) atoms. The zero-order chi connectivity index (χ0) is 15.4. The molecule has 0 N–H and O–H groups in total. The van der Waals surface area contributed by atoms with Crippen molar-refractivity contribution in [1.82, 2.24) is 4.90 Å². The molecule has 0 spiro atoms. The molecule has 1 heterocycles. The summed E-state index contributed by atoms with van der Waals surface area (Å²) in [6, 6.07) is 16.7. The van der Waals surface area contributed by atoms with Crippen LogP contribution in [0.15, 0.2) is 59.6 Å². The number of rotatable bonds is 2. The fraction of sp³-hybridized carbons (Fsp3) is 0.176. The normalized spacial score (nSPS) is 16.8. The highest BCUT2D eigenvalue weighted by Crippen LogP contribution is 2.24. The van der Waals surface area contributed by atoms with Gasteiger partial charge in [-0.05, 0) is 36.8 Å². The molecule has 3 nitrogen and oxygen atoms in total. The van der Waals surface area contributed by atoms with Crippen molar-refractivity contribution >= 4 is 40.1 Å². The summed E-state index contributed by atoms with van der Waals surface area (Å²) >= 11 is 7.60. The molecule has 1 saturated heterocycles. The predicted octanol–water partition coefficient (Wildman–Crippen LogP) is 4.61. The highest BCUT2D eigenvalue weighted by Gasteiger charge is 2.24. The summed E-state index contributed by atoms with van der Waals surface area (Å²) in [5.41, 5.74) is 1.45. The number of aliphatic imine (C=N–C) groups is 1. The Labute approximate surface area is 139 Å². The average molecular weight is 331 g/mol. The third kappa shape index (κ3) is 3.51. The lowest BCUT2D eigenvalue weighted by atomic mass is 10.2. The van der Waals surface area contributed by atoms with E-state index < -0.39 is 0 Å². The largest absolute Gasteiger partial charge is 0.287 e. The number of para-hydroxylation sites is 1. The van der Waals surface area contributed by atoms with E-state index in [4.69, 9.17) is 11.6 Å². The molecular weight excluding hydrogens is 316 g/mol. The van der Waals surface area contributed by atoms with E-state index in [0.29, 0.717) is 17.1 Å². The van der Waals surface area contributed by atoms with Gasteiger partial charge in [-0.2, -0.15) is 0 Å². The average Bonchev–Trinajstić information content (AvgIpc) is 2.56. The number of carbonyl (C=O) groups excluding carboxylic acids is 1. The molecule has 3 rings (SSSR count). The van der Waals surface area contributed by atoms with Crippen LogP contribution in [-0.4, -0.2) is 28.3 Å². The molecule has 1 aliphatic heterocycles. The van der Waals surface area contributed by atoms with Crippen molar-refractivity contribution in [1.29, 1.82) is 0 Å². The molecular formula is C17H15ClN2OS. The monoisotopic (exact) mass is 330 g/mol. The second-order valence-corrected chi connectivity index (χ2v) is 6.40. The predicted molar refractivity (Wildman–Crippen MR) is 93.1 cm³/mol. The number of amides is 1. The Bertz CT molecular complexity index is 703. The molecule has 1 amide bonds. The molecule has 0 atom stereocenters. The first-order valence-corrected chi connectivity index (χ1v) is 8.44. The summed E-state index contributed by atoms with van der Waals surface area (Å²) in [5, 5.41) is 1.32. The van der Waals surface area contributed by atoms with E-state index in [1.807, 2.05) is 30.3 Å². The van der Waals surface area contributed by atoms with Gasteiger partial charge in [0.25, 0.3) is 5.91 Å². The summed E-state index contributed by atoms with van der Waals surface area (Å²) in [4.78, 5) is 19.1. The Morgan fingerprint density at radius 3 is 2.73 bits per heavy atom. The molecule has 1 fully saturated rings. The minimum Gasteiger partial charge on any atom is -0.287 e. The Morgan fingerprint density at radius 1 is 1.14 bits per heavy atom. The topological polar surface area (TPSA) is 32.7 Å². The summed E-state index contributed by atoms with van der Waals surface area (Å²) in [6.45, 7) is 0.685. The number of thioether (sulfide) groups is 1. The van der Waals surface area contributed by atoms with Crippen LogP contribution in [-0.2, 0) is 0 Å². The zero-order valence-corrected chi connectivity index (χ0v) is 13.5. The molecule has 0 aromatic heterocycles. The number of hydrogen-bond acceptors (Lipinski definition) is 3. The fourth-order valence-electron chi connectivity index (χ4n) is 2.23. The molecule has 0 unspecified atom stereocenters. The Balaban J connectivity index is 1.90. The van der Waals surface area contributed by atoms with Gasteiger partial charge in [0.1, 0.15) is 0 Å². The van der Waals surface area contributed by atoms with Gasteiger partial charge >= 0.3 is 0 Å². The van der Waals surface area contributed by atoms with E-state index in [0.717, 1.165) is 23.0 Å². The van der Waals surface area contributed by atoms with Gasteiger partial charge in [0.15, 0.2) is 5.17 Å². The third-order valence-corrected chi connectivity index (χ3v) is 4.58. The maximum atomic E-state index is 12.7. The van der Waals surface area contributed by atoms with Gasteiger partial charge in [0.05, 0.1) is 5.69 Å². The van der Waals surface area contributed by atoms with Crippen LogP contribution in [0.5, 0.6) is 0 Å². The molecule has 112 valence electrons. The van der Waals surface area contributed by atoms with Gasteiger partial charge in [-0.15, -0.1) is 0 Å². The van der Waals surface area contributed by atoms with Crippen LogP contribution in [0.4, 0.5) is 5.69 Å². The number of carbonyl (C=O) groups is 1. The van der Waals surface area contributed by atoms with Gasteiger partial charge in [-0.3, -0.25) is 9.69 Å². The second kappa shape index (κ2) is 6.99. The minimum atomic E-state index is -0.0515.